The molecule has 2 heterocycles. The van der Waals surface area contributed by atoms with Crippen LogP contribution in [-0.4, -0.2) is 158 Å². The Morgan fingerprint density at radius 2 is 1.16 bits per heavy atom. The molecule has 0 aliphatic carbocycles. The molecule has 2 aliphatic heterocycles. The molecule has 2 fully saturated rings. The largest absolute Gasteiger partial charge is 0.508 e. The average molecular weight is 1060 g/mol. The summed E-state index contributed by atoms with van der Waals surface area (Å²) in [6.45, 7) is 2.14. The van der Waals surface area contributed by atoms with E-state index in [1.54, 1.807) is 0 Å². The first kappa shape index (κ1) is 62.4. The van der Waals surface area contributed by atoms with Gasteiger partial charge in [-0.15, -0.1) is 0 Å². The minimum absolute atomic E-state index is 0.0147. The molecule has 25 heteroatoms. The van der Waals surface area contributed by atoms with Gasteiger partial charge in [0, 0.05) is 31.8 Å². The molecule has 75 heavy (non-hydrogen) atoms. The van der Waals surface area contributed by atoms with Gasteiger partial charge < -0.3 is 74.0 Å². The number of phenolic OH excluding ortho intramolecular Hbond substituents is 1. The van der Waals surface area contributed by atoms with E-state index >= 15 is 0 Å². The van der Waals surface area contributed by atoms with Gasteiger partial charge in [0.1, 0.15) is 48.0 Å². The summed E-state index contributed by atoms with van der Waals surface area (Å²) in [7, 11) is 0. The zero-order valence-electron chi connectivity index (χ0n) is 42.9. The van der Waals surface area contributed by atoms with Gasteiger partial charge in [0.15, 0.2) is 0 Å². The number of carbonyl (C=O) groups is 11. The molecule has 0 aromatic heterocycles. The van der Waals surface area contributed by atoms with Gasteiger partial charge in [0.2, 0.25) is 59.1 Å². The number of aliphatic hydroxyl groups is 2. The number of carboxylic acid groups (broad SMARTS) is 1. The topological polar surface area (TPSA) is 408 Å². The average Bonchev–Trinajstić information content (AvgIpc) is 3.84. The van der Waals surface area contributed by atoms with Crippen LogP contribution in [-0.2, 0) is 59.2 Å². The summed E-state index contributed by atoms with van der Waals surface area (Å²) in [5, 5.41) is 57.4. The number of amides is 10. The van der Waals surface area contributed by atoms with Crippen LogP contribution < -0.4 is 48.7 Å². The quantitative estimate of drug-likeness (QED) is 0.0550. The van der Waals surface area contributed by atoms with Crippen molar-refractivity contribution in [3.8, 4) is 5.75 Å². The van der Waals surface area contributed by atoms with E-state index in [4.69, 9.17) is 11.5 Å². The second-order valence-corrected chi connectivity index (χ2v) is 19.3. The fraction of sp³-hybridized carbons (Fsp3) is 0.660. The van der Waals surface area contributed by atoms with E-state index in [1.165, 1.54) is 50.5 Å². The Morgan fingerprint density at radius 1 is 0.640 bits per heavy atom. The first-order valence-corrected chi connectivity index (χ1v) is 25.9. The number of benzene rings is 1. The van der Waals surface area contributed by atoms with Gasteiger partial charge in [0.05, 0.1) is 25.6 Å². The highest BCUT2D eigenvalue weighted by Gasteiger charge is 2.41. The van der Waals surface area contributed by atoms with Gasteiger partial charge in [-0.05, 0) is 50.3 Å². The summed E-state index contributed by atoms with van der Waals surface area (Å²) < 4.78 is 0. The standard InChI is InChI=1S/C50H78N10O15/c1-3-4-5-6-7-8-9-10-11-12-13-15-31-25-41(66)54-35(26-39(51)64)46(71)56-34(24-30-17-19-32(63)20-18-30)45(70)57-36(27-40(52)65)50(75)60-23-14-16-38(60)48(73)55-33(21-22-42(67)68)44(69)58-37(28-61)47(72)59-43(29(2)62)49(74)53-31/h17-20,29,31,33-38,43,61-63H,3-16,21-28H2,1-2H3,(H2,51,64)(H2,52,65)(H,53,74)(H,54,66)(H,55,73)(H,56,71)(H,57,70)(H,58,69)(H,59,72)(H,67,68). The van der Waals surface area contributed by atoms with Crippen LogP contribution in [0.4, 0.5) is 0 Å². The first-order chi connectivity index (χ1) is 35.6. The second kappa shape index (κ2) is 32.4. The number of nitrogens with one attached hydrogen (secondary N) is 7. The lowest BCUT2D eigenvalue weighted by Crippen LogP contribution is -2.61. The fourth-order valence-corrected chi connectivity index (χ4v) is 8.91. The van der Waals surface area contributed by atoms with Crippen molar-refractivity contribution in [1.82, 2.24) is 42.1 Å². The molecular formula is C50H78N10O15. The molecule has 2 saturated heterocycles. The van der Waals surface area contributed by atoms with Gasteiger partial charge in [-0.1, -0.05) is 89.7 Å². The van der Waals surface area contributed by atoms with Crippen molar-refractivity contribution in [3.05, 3.63) is 29.8 Å². The summed E-state index contributed by atoms with van der Waals surface area (Å²) in [6, 6.07) is -7.32. The zero-order chi connectivity index (χ0) is 55.6. The second-order valence-electron chi connectivity index (χ2n) is 19.3. The minimum Gasteiger partial charge on any atom is -0.508 e. The van der Waals surface area contributed by atoms with E-state index in [1.807, 2.05) is 0 Å². The number of fused-ring (bicyclic) bond motifs is 1. The number of nitrogens with zero attached hydrogens (tertiary/aromatic N) is 1. The van der Waals surface area contributed by atoms with Gasteiger partial charge in [-0.25, -0.2) is 0 Å². The lowest BCUT2D eigenvalue weighted by atomic mass is 10.0. The molecule has 15 N–H and O–H groups in total. The highest BCUT2D eigenvalue weighted by Crippen LogP contribution is 2.21. The number of aliphatic carboxylic acids is 1. The molecule has 10 amide bonds. The Balaban J connectivity index is 2.08. The molecule has 0 spiro atoms. The molecule has 418 valence electrons. The molecular weight excluding hydrogens is 981 g/mol. The number of aromatic hydroxyl groups is 1. The number of rotatable bonds is 23. The number of phenols is 1. The van der Waals surface area contributed by atoms with Crippen molar-refractivity contribution in [2.24, 2.45) is 11.5 Å². The van der Waals surface area contributed by atoms with Crippen LogP contribution >= 0.6 is 0 Å². The van der Waals surface area contributed by atoms with Crippen molar-refractivity contribution < 1.29 is 73.2 Å². The van der Waals surface area contributed by atoms with Crippen molar-refractivity contribution in [1.29, 1.82) is 0 Å². The number of primary amides is 2. The smallest absolute Gasteiger partial charge is 0.303 e. The Morgan fingerprint density at radius 3 is 1.73 bits per heavy atom. The van der Waals surface area contributed by atoms with E-state index < -0.39 is 158 Å². The van der Waals surface area contributed by atoms with Crippen LogP contribution in [0.25, 0.3) is 0 Å². The molecule has 1 aromatic rings. The van der Waals surface area contributed by atoms with Crippen LogP contribution in [0.2, 0.25) is 0 Å². The van der Waals surface area contributed by atoms with Crippen molar-refractivity contribution in [2.45, 2.75) is 197 Å². The fourth-order valence-electron chi connectivity index (χ4n) is 8.91. The minimum atomic E-state index is -1.84. The third-order valence-corrected chi connectivity index (χ3v) is 13.0. The number of hydrogen-bond donors (Lipinski definition) is 13. The lowest BCUT2D eigenvalue weighted by Gasteiger charge is -2.30. The molecule has 0 saturated carbocycles. The predicted molar refractivity (Wildman–Crippen MR) is 269 cm³/mol. The van der Waals surface area contributed by atoms with Gasteiger partial charge >= 0.3 is 5.97 Å². The Labute approximate surface area is 436 Å². The van der Waals surface area contributed by atoms with Crippen molar-refractivity contribution in [3.63, 3.8) is 0 Å². The number of carbonyl (C=O) groups excluding carboxylic acids is 10. The van der Waals surface area contributed by atoms with Gasteiger partial charge in [-0.3, -0.25) is 52.7 Å². The molecule has 3 rings (SSSR count). The maximum absolute atomic E-state index is 14.3. The highest BCUT2D eigenvalue weighted by atomic mass is 16.4. The summed E-state index contributed by atoms with van der Waals surface area (Å²) in [4.78, 5) is 149. The number of unbranched alkanes of at least 4 members (excludes halogenated alkanes) is 10. The molecule has 2 aliphatic rings. The SMILES string of the molecule is CCCCCCCCCCCCCC1CC(=O)NC(CC(N)=O)C(=O)NC(Cc2ccc(O)cc2)C(=O)NC(CC(N)=O)C(=O)N2CCCC2C(=O)NC(CCC(=O)O)C(=O)NC(CO)C(=O)NC(C(C)O)C(=O)N1. The zero-order valence-corrected chi connectivity index (χ0v) is 42.9. The van der Waals surface area contributed by atoms with E-state index in [0.717, 1.165) is 43.4 Å². The number of hydrogen-bond acceptors (Lipinski definition) is 14. The monoisotopic (exact) mass is 1060 g/mol. The molecule has 0 radical (unpaired) electrons. The lowest BCUT2D eigenvalue weighted by molar-refractivity contribution is -0.143. The Hall–Kier alpha value is -6.89. The third-order valence-electron chi connectivity index (χ3n) is 13.0. The third kappa shape index (κ3) is 22.2. The maximum Gasteiger partial charge on any atom is 0.303 e. The first-order valence-electron chi connectivity index (χ1n) is 25.9. The molecule has 9 unspecified atom stereocenters. The van der Waals surface area contributed by atoms with Crippen LogP contribution in [0, 0.1) is 0 Å². The molecule has 0 bridgehead atoms. The van der Waals surface area contributed by atoms with Crippen molar-refractivity contribution in [2.75, 3.05) is 13.2 Å². The van der Waals surface area contributed by atoms with Crippen LogP contribution in [0.5, 0.6) is 5.75 Å². The van der Waals surface area contributed by atoms with E-state index in [-0.39, 0.29) is 38.0 Å². The number of nitrogens with two attached hydrogens (primary N) is 2. The van der Waals surface area contributed by atoms with Gasteiger partial charge in [0.25, 0.3) is 0 Å². The van der Waals surface area contributed by atoms with E-state index in [0.29, 0.717) is 18.4 Å². The summed E-state index contributed by atoms with van der Waals surface area (Å²) in [5.41, 5.74) is 11.4. The van der Waals surface area contributed by atoms with Gasteiger partial charge in [-0.2, -0.15) is 0 Å². The molecule has 25 nitrogen and oxygen atoms in total. The van der Waals surface area contributed by atoms with Crippen LogP contribution in [0.1, 0.15) is 141 Å². The molecule has 9 atom stereocenters. The number of carboxylic acids is 1. The van der Waals surface area contributed by atoms with Crippen molar-refractivity contribution >= 4 is 65.0 Å². The molecule has 1 aromatic carbocycles. The van der Waals surface area contributed by atoms with E-state index in [2.05, 4.69) is 44.1 Å². The number of aliphatic hydroxyl groups excluding tert-OH is 2. The Bertz CT molecular complexity index is 2130. The maximum atomic E-state index is 14.3. The summed E-state index contributed by atoms with van der Waals surface area (Å²) in [6.07, 6.45) is 6.08. The summed E-state index contributed by atoms with van der Waals surface area (Å²) in [5.74, 6) is -11.9. The van der Waals surface area contributed by atoms with E-state index in [9.17, 15) is 73.2 Å². The summed E-state index contributed by atoms with van der Waals surface area (Å²) >= 11 is 0. The Kier molecular flexibility index (Phi) is 27.0. The van der Waals surface area contributed by atoms with Crippen LogP contribution in [0.3, 0.4) is 0 Å². The van der Waals surface area contributed by atoms with Crippen LogP contribution in [0.15, 0.2) is 24.3 Å². The highest BCUT2D eigenvalue weighted by molar-refractivity contribution is 6.00. The predicted octanol–water partition coefficient (Wildman–Crippen LogP) is -1.59. The normalized spacial score (nSPS) is 24.4.